The van der Waals surface area contributed by atoms with E-state index in [0.29, 0.717) is 13.1 Å². The van der Waals surface area contributed by atoms with Crippen molar-refractivity contribution in [2.75, 3.05) is 5.32 Å². The predicted molar refractivity (Wildman–Crippen MR) is 73.6 cm³/mol. The maximum Gasteiger partial charge on any atom is 0.0597 e. The lowest BCUT2D eigenvalue weighted by Crippen LogP contribution is -2.03. The molecule has 0 aliphatic rings. The van der Waals surface area contributed by atoms with E-state index in [1.807, 2.05) is 36.4 Å². The summed E-state index contributed by atoms with van der Waals surface area (Å²) >= 11 is 3.41. The number of aromatic nitrogens is 1. The predicted octanol–water partition coefficient (Wildman–Crippen LogP) is 2.91. The minimum absolute atomic E-state index is 0.549. The Morgan fingerprint density at radius 1 is 1.18 bits per heavy atom. The molecule has 0 atom stereocenters. The van der Waals surface area contributed by atoms with E-state index in [1.54, 1.807) is 6.20 Å². The fraction of sp³-hybridized carbons (Fsp3) is 0.154. The molecule has 0 unspecified atom stereocenters. The first-order valence-electron chi connectivity index (χ1n) is 5.41. The zero-order valence-electron chi connectivity index (χ0n) is 9.36. The van der Waals surface area contributed by atoms with Crippen LogP contribution in [-0.4, -0.2) is 4.98 Å². The fourth-order valence-corrected chi connectivity index (χ4v) is 1.78. The summed E-state index contributed by atoms with van der Waals surface area (Å²) in [7, 11) is 0. The van der Waals surface area contributed by atoms with Gasteiger partial charge in [-0.05, 0) is 42.0 Å². The molecule has 0 spiro atoms. The molecule has 1 aromatic heterocycles. The van der Waals surface area contributed by atoms with Crippen molar-refractivity contribution in [3.8, 4) is 0 Å². The Kier molecular flexibility index (Phi) is 4.12. The van der Waals surface area contributed by atoms with Gasteiger partial charge in [0.25, 0.3) is 0 Å². The molecule has 2 aromatic rings. The van der Waals surface area contributed by atoms with Gasteiger partial charge in [-0.2, -0.15) is 0 Å². The third kappa shape index (κ3) is 3.54. The van der Waals surface area contributed by atoms with Crippen molar-refractivity contribution in [2.24, 2.45) is 5.73 Å². The topological polar surface area (TPSA) is 50.9 Å². The first-order valence-corrected chi connectivity index (χ1v) is 6.20. The fourth-order valence-electron chi connectivity index (χ4n) is 1.51. The molecule has 0 bridgehead atoms. The molecule has 2 rings (SSSR count). The summed E-state index contributed by atoms with van der Waals surface area (Å²) < 4.78 is 1.08. The summed E-state index contributed by atoms with van der Waals surface area (Å²) in [5.41, 5.74) is 8.77. The van der Waals surface area contributed by atoms with Crippen LogP contribution in [0.1, 0.15) is 11.3 Å². The molecule has 0 radical (unpaired) electrons. The highest BCUT2D eigenvalue weighted by Gasteiger charge is 1.97. The van der Waals surface area contributed by atoms with E-state index in [-0.39, 0.29) is 0 Å². The standard InChI is InChI=1S/C13H14BrN3/c14-11-1-3-12(4-2-11)17-9-13-7-10(8-15)5-6-16-13/h1-7,17H,8-9,15H2. The molecule has 17 heavy (non-hydrogen) atoms. The minimum Gasteiger partial charge on any atom is -0.379 e. The highest BCUT2D eigenvalue weighted by molar-refractivity contribution is 9.10. The van der Waals surface area contributed by atoms with E-state index >= 15 is 0 Å². The lowest BCUT2D eigenvalue weighted by atomic mass is 10.2. The molecule has 3 N–H and O–H groups in total. The number of nitrogens with zero attached hydrogens (tertiary/aromatic N) is 1. The number of anilines is 1. The molecule has 0 aliphatic carbocycles. The van der Waals surface area contributed by atoms with Gasteiger partial charge in [-0.15, -0.1) is 0 Å². The highest BCUT2D eigenvalue weighted by atomic mass is 79.9. The molecule has 1 aromatic carbocycles. The number of benzene rings is 1. The number of hydrogen-bond donors (Lipinski definition) is 2. The number of nitrogens with one attached hydrogen (secondary N) is 1. The quantitative estimate of drug-likeness (QED) is 0.911. The Balaban J connectivity index is 1.99. The van der Waals surface area contributed by atoms with Crippen molar-refractivity contribution in [1.29, 1.82) is 0 Å². The minimum atomic E-state index is 0.549. The van der Waals surface area contributed by atoms with E-state index in [0.717, 1.165) is 21.4 Å². The smallest absolute Gasteiger partial charge is 0.0597 e. The molecular formula is C13H14BrN3. The summed E-state index contributed by atoms with van der Waals surface area (Å²) in [4.78, 5) is 4.29. The summed E-state index contributed by atoms with van der Waals surface area (Å²) in [6.45, 7) is 1.25. The van der Waals surface area contributed by atoms with E-state index in [2.05, 4.69) is 26.2 Å². The van der Waals surface area contributed by atoms with Gasteiger partial charge in [0.05, 0.1) is 12.2 Å². The Bertz CT molecular complexity index is 482. The second-order valence-electron chi connectivity index (χ2n) is 3.72. The first-order chi connectivity index (χ1) is 8.28. The molecule has 88 valence electrons. The van der Waals surface area contributed by atoms with Crippen LogP contribution >= 0.6 is 15.9 Å². The number of halogens is 1. The van der Waals surface area contributed by atoms with E-state index < -0.39 is 0 Å². The monoisotopic (exact) mass is 291 g/mol. The lowest BCUT2D eigenvalue weighted by molar-refractivity contribution is 0.997. The van der Waals surface area contributed by atoms with E-state index in [1.165, 1.54) is 0 Å². The average Bonchev–Trinajstić information content (AvgIpc) is 2.38. The third-order valence-corrected chi connectivity index (χ3v) is 2.96. The van der Waals surface area contributed by atoms with Gasteiger partial charge in [0.15, 0.2) is 0 Å². The van der Waals surface area contributed by atoms with Gasteiger partial charge in [0, 0.05) is 22.9 Å². The molecule has 0 aliphatic heterocycles. The Morgan fingerprint density at radius 2 is 1.94 bits per heavy atom. The summed E-state index contributed by atoms with van der Waals surface area (Å²) in [6, 6.07) is 12.0. The van der Waals surface area contributed by atoms with Gasteiger partial charge in [0.2, 0.25) is 0 Å². The number of hydrogen-bond acceptors (Lipinski definition) is 3. The lowest BCUT2D eigenvalue weighted by Gasteiger charge is -2.07. The third-order valence-electron chi connectivity index (χ3n) is 2.43. The zero-order chi connectivity index (χ0) is 12.1. The summed E-state index contributed by atoms with van der Waals surface area (Å²) in [6.07, 6.45) is 1.79. The first kappa shape index (κ1) is 12.1. The Hall–Kier alpha value is -1.39. The van der Waals surface area contributed by atoms with E-state index in [9.17, 15) is 0 Å². The van der Waals surface area contributed by atoms with Crippen LogP contribution in [0.15, 0.2) is 47.1 Å². The van der Waals surface area contributed by atoms with Crippen LogP contribution in [-0.2, 0) is 13.1 Å². The van der Waals surface area contributed by atoms with Crippen LogP contribution in [0.3, 0.4) is 0 Å². The van der Waals surface area contributed by atoms with Gasteiger partial charge in [-0.25, -0.2) is 0 Å². The molecule has 3 nitrogen and oxygen atoms in total. The van der Waals surface area contributed by atoms with Crippen LogP contribution < -0.4 is 11.1 Å². The van der Waals surface area contributed by atoms with Crippen LogP contribution in [0.4, 0.5) is 5.69 Å². The van der Waals surface area contributed by atoms with Crippen molar-refractivity contribution < 1.29 is 0 Å². The van der Waals surface area contributed by atoms with Gasteiger partial charge in [-0.1, -0.05) is 15.9 Å². The molecule has 0 amide bonds. The van der Waals surface area contributed by atoms with Crippen LogP contribution in [0.25, 0.3) is 0 Å². The van der Waals surface area contributed by atoms with Crippen LogP contribution in [0, 0.1) is 0 Å². The molecule has 0 fully saturated rings. The Morgan fingerprint density at radius 3 is 2.65 bits per heavy atom. The van der Waals surface area contributed by atoms with Crippen molar-refractivity contribution >= 4 is 21.6 Å². The van der Waals surface area contributed by atoms with Gasteiger partial charge < -0.3 is 11.1 Å². The largest absolute Gasteiger partial charge is 0.379 e. The van der Waals surface area contributed by atoms with Crippen molar-refractivity contribution in [3.05, 3.63) is 58.3 Å². The number of nitrogens with two attached hydrogens (primary N) is 1. The summed E-state index contributed by atoms with van der Waals surface area (Å²) in [5.74, 6) is 0. The van der Waals surface area contributed by atoms with Gasteiger partial charge in [-0.3, -0.25) is 4.98 Å². The normalized spacial score (nSPS) is 10.2. The Labute approximate surface area is 109 Å². The molecular weight excluding hydrogens is 278 g/mol. The zero-order valence-corrected chi connectivity index (χ0v) is 10.9. The highest BCUT2D eigenvalue weighted by Crippen LogP contribution is 2.14. The van der Waals surface area contributed by atoms with Crippen molar-refractivity contribution in [3.63, 3.8) is 0 Å². The van der Waals surface area contributed by atoms with Gasteiger partial charge in [0.1, 0.15) is 0 Å². The molecule has 1 heterocycles. The maximum absolute atomic E-state index is 5.59. The second kappa shape index (κ2) is 5.80. The van der Waals surface area contributed by atoms with Crippen LogP contribution in [0.2, 0.25) is 0 Å². The SMILES string of the molecule is NCc1ccnc(CNc2ccc(Br)cc2)c1. The van der Waals surface area contributed by atoms with Gasteiger partial charge >= 0.3 is 0 Å². The molecule has 0 saturated heterocycles. The number of rotatable bonds is 4. The number of pyridine rings is 1. The molecule has 4 heteroatoms. The van der Waals surface area contributed by atoms with Crippen LogP contribution in [0.5, 0.6) is 0 Å². The van der Waals surface area contributed by atoms with Crippen molar-refractivity contribution in [2.45, 2.75) is 13.1 Å². The summed E-state index contributed by atoms with van der Waals surface area (Å²) in [5, 5.41) is 3.32. The average molecular weight is 292 g/mol. The molecule has 0 saturated carbocycles. The second-order valence-corrected chi connectivity index (χ2v) is 4.64. The van der Waals surface area contributed by atoms with E-state index in [4.69, 9.17) is 5.73 Å². The van der Waals surface area contributed by atoms with Crippen molar-refractivity contribution in [1.82, 2.24) is 4.98 Å². The maximum atomic E-state index is 5.59.